The number of Topliss-reactive ketones (excluding diaryl/α,β-unsaturated/α-hetero) is 1. The average molecular weight is 512 g/mol. The molecule has 8 heteroatoms. The molecule has 4 unspecified atom stereocenters. The number of likely N-dealkylation sites (tertiary alicyclic amines) is 1. The molecule has 6 rings (SSSR count). The molecule has 4 atom stereocenters. The number of imide groups is 1. The van der Waals surface area contributed by atoms with E-state index in [2.05, 4.69) is 0 Å². The number of benzene rings is 2. The number of hydrogen-bond acceptors (Lipinski definition) is 6. The SMILES string of the molecule is CC1=CC(=O)C2=C(CC3C(=CCC4C(=O)N(CCC(=O)O)C(=O)C43)C2c2ccc3ccccc3c2O)C1=O. The van der Waals surface area contributed by atoms with Gasteiger partial charge in [-0.3, -0.25) is 28.9 Å². The van der Waals surface area contributed by atoms with Crippen LogP contribution in [0.2, 0.25) is 0 Å². The van der Waals surface area contributed by atoms with Gasteiger partial charge in [0.15, 0.2) is 11.6 Å². The summed E-state index contributed by atoms with van der Waals surface area (Å²) in [6.45, 7) is 1.38. The molecule has 0 saturated carbocycles. The summed E-state index contributed by atoms with van der Waals surface area (Å²) in [6.07, 6.45) is 3.26. The Morgan fingerprint density at radius 3 is 2.55 bits per heavy atom. The van der Waals surface area contributed by atoms with Crippen molar-refractivity contribution < 1.29 is 34.2 Å². The Morgan fingerprint density at radius 1 is 1.03 bits per heavy atom. The number of amides is 2. The first-order valence-electron chi connectivity index (χ1n) is 12.7. The average Bonchev–Trinajstić information content (AvgIpc) is 3.14. The van der Waals surface area contributed by atoms with E-state index in [9.17, 15) is 29.1 Å². The van der Waals surface area contributed by atoms with Crippen LogP contribution in [0.25, 0.3) is 10.8 Å². The minimum atomic E-state index is -1.10. The van der Waals surface area contributed by atoms with Gasteiger partial charge in [0.05, 0.1) is 18.3 Å². The van der Waals surface area contributed by atoms with Crippen molar-refractivity contribution in [1.82, 2.24) is 4.90 Å². The van der Waals surface area contributed by atoms with E-state index >= 15 is 0 Å². The summed E-state index contributed by atoms with van der Waals surface area (Å²) >= 11 is 0. The van der Waals surface area contributed by atoms with Crippen LogP contribution in [-0.4, -0.2) is 51.0 Å². The fourth-order valence-electron chi connectivity index (χ4n) is 6.74. The van der Waals surface area contributed by atoms with Crippen LogP contribution in [0.1, 0.15) is 37.7 Å². The van der Waals surface area contributed by atoms with E-state index in [4.69, 9.17) is 5.11 Å². The molecule has 192 valence electrons. The fraction of sp³-hybridized carbons (Fsp3) is 0.300. The van der Waals surface area contributed by atoms with Crippen LogP contribution in [0.15, 0.2) is 70.8 Å². The Hall–Kier alpha value is -4.33. The van der Waals surface area contributed by atoms with Gasteiger partial charge in [-0.2, -0.15) is 0 Å². The summed E-state index contributed by atoms with van der Waals surface area (Å²) in [5.74, 6) is -5.19. The fourth-order valence-corrected chi connectivity index (χ4v) is 6.74. The minimum absolute atomic E-state index is 0.00653. The van der Waals surface area contributed by atoms with Crippen molar-refractivity contribution in [3.05, 3.63) is 76.4 Å². The van der Waals surface area contributed by atoms with E-state index in [1.54, 1.807) is 25.1 Å². The Morgan fingerprint density at radius 2 is 1.79 bits per heavy atom. The third kappa shape index (κ3) is 3.40. The van der Waals surface area contributed by atoms with Gasteiger partial charge in [-0.1, -0.05) is 48.0 Å². The van der Waals surface area contributed by atoms with Gasteiger partial charge in [-0.25, -0.2) is 0 Å². The molecule has 4 aliphatic rings. The monoisotopic (exact) mass is 511 g/mol. The van der Waals surface area contributed by atoms with Gasteiger partial charge in [-0.15, -0.1) is 0 Å². The van der Waals surface area contributed by atoms with E-state index in [0.29, 0.717) is 27.7 Å². The highest BCUT2D eigenvalue weighted by atomic mass is 16.4. The van der Waals surface area contributed by atoms with Crippen molar-refractivity contribution >= 4 is 40.1 Å². The number of phenolic OH excluding ortho intramolecular Hbond substituents is 1. The van der Waals surface area contributed by atoms with Gasteiger partial charge in [0.25, 0.3) is 0 Å². The topological polar surface area (TPSA) is 129 Å². The standard InChI is InChI=1S/C30H25NO7/c1-14-12-22(32)26-21(27(14)35)13-20-17(24(26)18-7-6-15-4-2-3-5-16(15)28(18)36)8-9-19-25(20)30(38)31(29(19)37)11-10-23(33)34/h2-8,12,19-20,24-25,36H,9-11,13H2,1H3,(H,33,34). The maximum atomic E-state index is 13.5. The predicted octanol–water partition coefficient (Wildman–Crippen LogP) is 3.45. The maximum Gasteiger partial charge on any atom is 0.305 e. The number of aliphatic carboxylic acids is 1. The van der Waals surface area contributed by atoms with Gasteiger partial charge in [0.2, 0.25) is 11.8 Å². The van der Waals surface area contributed by atoms with E-state index < -0.39 is 41.5 Å². The first kappa shape index (κ1) is 24.0. The van der Waals surface area contributed by atoms with Crippen LogP contribution in [0.5, 0.6) is 5.75 Å². The minimum Gasteiger partial charge on any atom is -0.507 e. The number of carboxylic acid groups (broad SMARTS) is 1. The van der Waals surface area contributed by atoms with Gasteiger partial charge in [0.1, 0.15) is 5.75 Å². The number of fused-ring (bicyclic) bond motifs is 4. The molecule has 38 heavy (non-hydrogen) atoms. The lowest BCUT2D eigenvalue weighted by molar-refractivity contribution is -0.142. The predicted molar refractivity (Wildman–Crippen MR) is 136 cm³/mol. The zero-order chi connectivity index (χ0) is 26.9. The van der Waals surface area contributed by atoms with Gasteiger partial charge >= 0.3 is 5.97 Å². The zero-order valence-corrected chi connectivity index (χ0v) is 20.6. The second-order valence-corrected chi connectivity index (χ2v) is 10.4. The van der Waals surface area contributed by atoms with Crippen molar-refractivity contribution in [3.8, 4) is 5.75 Å². The number of aromatic hydroxyl groups is 1. The lowest BCUT2D eigenvalue weighted by Gasteiger charge is -2.42. The van der Waals surface area contributed by atoms with Crippen LogP contribution >= 0.6 is 0 Å². The Labute approximate surface area is 217 Å². The third-order valence-corrected chi connectivity index (χ3v) is 8.45. The van der Waals surface area contributed by atoms with Crippen LogP contribution in [-0.2, 0) is 24.0 Å². The molecule has 3 aliphatic carbocycles. The highest BCUT2D eigenvalue weighted by Crippen LogP contribution is 2.56. The molecule has 1 fully saturated rings. The first-order chi connectivity index (χ1) is 18.2. The number of rotatable bonds is 4. The van der Waals surface area contributed by atoms with E-state index in [-0.39, 0.29) is 43.1 Å². The Kier molecular flexibility index (Phi) is 5.45. The van der Waals surface area contributed by atoms with Crippen molar-refractivity contribution in [2.45, 2.75) is 32.1 Å². The molecule has 2 N–H and O–H groups in total. The van der Waals surface area contributed by atoms with Gasteiger partial charge in [-0.05, 0) is 37.1 Å². The molecule has 1 aliphatic heterocycles. The van der Waals surface area contributed by atoms with Gasteiger partial charge < -0.3 is 10.2 Å². The molecular formula is C30H25NO7. The van der Waals surface area contributed by atoms with Crippen LogP contribution in [0.3, 0.4) is 0 Å². The number of carbonyl (C=O) groups is 5. The van der Waals surface area contributed by atoms with Crippen LogP contribution < -0.4 is 0 Å². The third-order valence-electron chi connectivity index (χ3n) is 8.45. The molecule has 2 amide bonds. The molecule has 0 radical (unpaired) electrons. The second-order valence-electron chi connectivity index (χ2n) is 10.4. The summed E-state index contributed by atoms with van der Waals surface area (Å²) in [4.78, 5) is 65.6. The van der Waals surface area contributed by atoms with Gasteiger partial charge in [0, 0.05) is 40.1 Å². The van der Waals surface area contributed by atoms with Crippen LogP contribution in [0.4, 0.5) is 0 Å². The number of carbonyl (C=O) groups excluding carboxylic acids is 4. The molecule has 0 aromatic heterocycles. The molecular weight excluding hydrogens is 486 g/mol. The molecule has 8 nitrogen and oxygen atoms in total. The quantitative estimate of drug-likeness (QED) is 0.365. The van der Waals surface area contributed by atoms with Crippen molar-refractivity contribution in [2.75, 3.05) is 6.54 Å². The highest BCUT2D eigenvalue weighted by Gasteiger charge is 2.56. The largest absolute Gasteiger partial charge is 0.507 e. The summed E-state index contributed by atoms with van der Waals surface area (Å²) in [5, 5.41) is 21.9. The lowest BCUT2D eigenvalue weighted by atomic mass is 9.59. The van der Waals surface area contributed by atoms with E-state index in [0.717, 1.165) is 15.9 Å². The number of carboxylic acids is 1. The second kappa shape index (κ2) is 8.62. The van der Waals surface area contributed by atoms with Crippen molar-refractivity contribution in [2.24, 2.45) is 17.8 Å². The molecule has 1 saturated heterocycles. The smallest absolute Gasteiger partial charge is 0.305 e. The lowest BCUT2D eigenvalue weighted by Crippen LogP contribution is -2.40. The Balaban J connectivity index is 1.51. The van der Waals surface area contributed by atoms with E-state index in [1.165, 1.54) is 6.08 Å². The molecule has 2 aromatic rings. The summed E-state index contributed by atoms with van der Waals surface area (Å²) in [5.41, 5.74) is 2.16. The number of nitrogens with zero attached hydrogens (tertiary/aromatic N) is 1. The number of hydrogen-bond donors (Lipinski definition) is 2. The highest BCUT2D eigenvalue weighted by molar-refractivity contribution is 6.24. The number of phenols is 1. The number of allylic oxidation sites excluding steroid dienone is 6. The normalized spacial score (nSPS) is 26.7. The molecule has 1 heterocycles. The zero-order valence-electron chi connectivity index (χ0n) is 20.6. The Bertz CT molecular complexity index is 1580. The molecule has 2 aromatic carbocycles. The van der Waals surface area contributed by atoms with Crippen molar-refractivity contribution in [3.63, 3.8) is 0 Å². The summed E-state index contributed by atoms with van der Waals surface area (Å²) in [6, 6.07) is 10.9. The van der Waals surface area contributed by atoms with E-state index in [1.807, 2.05) is 24.3 Å². The molecule has 0 bridgehead atoms. The first-order valence-corrected chi connectivity index (χ1v) is 12.7. The summed E-state index contributed by atoms with van der Waals surface area (Å²) in [7, 11) is 0. The van der Waals surface area contributed by atoms with Crippen LogP contribution in [0, 0.1) is 17.8 Å². The molecule has 0 spiro atoms. The summed E-state index contributed by atoms with van der Waals surface area (Å²) < 4.78 is 0. The van der Waals surface area contributed by atoms with Crippen molar-refractivity contribution in [1.29, 1.82) is 0 Å². The maximum absolute atomic E-state index is 13.5. The number of ketones is 2.